The predicted molar refractivity (Wildman–Crippen MR) is 69.1 cm³/mol. The molecule has 0 bridgehead atoms. The van der Waals surface area contributed by atoms with E-state index in [9.17, 15) is 5.11 Å². The zero-order chi connectivity index (χ0) is 12.1. The van der Waals surface area contributed by atoms with Crippen molar-refractivity contribution < 1.29 is 9.84 Å². The lowest BCUT2D eigenvalue weighted by Crippen LogP contribution is -2.35. The van der Waals surface area contributed by atoms with Gasteiger partial charge in [-0.2, -0.15) is 0 Å². The molecule has 3 heteroatoms. The number of nitrogens with zero attached hydrogens (tertiary/aromatic N) is 1. The lowest BCUT2D eigenvalue weighted by atomic mass is 10.00. The Bertz CT molecular complexity index is 188. The summed E-state index contributed by atoms with van der Waals surface area (Å²) in [7, 11) is 2.10. The molecule has 0 aromatic rings. The first kappa shape index (κ1) is 13.3. The van der Waals surface area contributed by atoms with Crippen molar-refractivity contribution in [3.63, 3.8) is 0 Å². The Morgan fingerprint density at radius 1 is 1.24 bits per heavy atom. The minimum atomic E-state index is -0.149. The van der Waals surface area contributed by atoms with Crippen LogP contribution in [-0.2, 0) is 4.74 Å². The van der Waals surface area contributed by atoms with Crippen LogP contribution in [0.1, 0.15) is 44.9 Å². The third-order valence-electron chi connectivity index (χ3n) is 4.14. The van der Waals surface area contributed by atoms with Crippen molar-refractivity contribution in [1.82, 2.24) is 4.90 Å². The van der Waals surface area contributed by atoms with E-state index in [0.717, 1.165) is 32.0 Å². The Morgan fingerprint density at radius 2 is 2.00 bits per heavy atom. The largest absolute Gasteiger partial charge is 0.392 e. The summed E-state index contributed by atoms with van der Waals surface area (Å²) in [5.74, 6) is 0.779. The highest BCUT2D eigenvalue weighted by Crippen LogP contribution is 2.28. The number of rotatable bonds is 6. The third-order valence-corrected chi connectivity index (χ3v) is 4.14. The molecule has 1 saturated heterocycles. The van der Waals surface area contributed by atoms with Crippen LogP contribution < -0.4 is 0 Å². The van der Waals surface area contributed by atoms with Crippen LogP contribution in [-0.4, -0.2) is 49.0 Å². The van der Waals surface area contributed by atoms with E-state index >= 15 is 0 Å². The van der Waals surface area contributed by atoms with Gasteiger partial charge < -0.3 is 14.7 Å². The Balaban J connectivity index is 1.60. The van der Waals surface area contributed by atoms with Crippen molar-refractivity contribution in [1.29, 1.82) is 0 Å². The number of aliphatic hydroxyl groups is 1. The van der Waals surface area contributed by atoms with E-state index in [0.29, 0.717) is 6.10 Å². The van der Waals surface area contributed by atoms with Crippen LogP contribution in [0.25, 0.3) is 0 Å². The van der Waals surface area contributed by atoms with Crippen LogP contribution in [0.5, 0.6) is 0 Å². The Kier molecular flexibility index (Phi) is 5.26. The first-order chi connectivity index (χ1) is 8.24. The number of ether oxygens (including phenoxy) is 1. The van der Waals surface area contributed by atoms with E-state index in [1.807, 2.05) is 0 Å². The minimum absolute atomic E-state index is 0.149. The van der Waals surface area contributed by atoms with Gasteiger partial charge in [-0.1, -0.05) is 25.7 Å². The maximum absolute atomic E-state index is 10.1. The second-order valence-corrected chi connectivity index (χ2v) is 5.90. The summed E-state index contributed by atoms with van der Waals surface area (Å²) in [6, 6.07) is 0. The number of hydrogen-bond donors (Lipinski definition) is 1. The van der Waals surface area contributed by atoms with E-state index in [1.165, 1.54) is 38.5 Å². The molecule has 2 fully saturated rings. The topological polar surface area (TPSA) is 32.7 Å². The quantitative estimate of drug-likeness (QED) is 0.772. The lowest BCUT2D eigenvalue weighted by molar-refractivity contribution is 0.0538. The summed E-state index contributed by atoms with van der Waals surface area (Å²) in [6.07, 6.45) is 9.01. The van der Waals surface area contributed by atoms with Crippen molar-refractivity contribution in [2.75, 3.05) is 26.7 Å². The second-order valence-electron chi connectivity index (χ2n) is 5.90. The van der Waals surface area contributed by atoms with Gasteiger partial charge in [0.1, 0.15) is 0 Å². The molecule has 2 rings (SSSR count). The lowest BCUT2D eigenvalue weighted by Gasteiger charge is -2.24. The van der Waals surface area contributed by atoms with Crippen molar-refractivity contribution in [3.05, 3.63) is 0 Å². The van der Waals surface area contributed by atoms with E-state index in [1.54, 1.807) is 0 Å². The van der Waals surface area contributed by atoms with Crippen LogP contribution >= 0.6 is 0 Å². The van der Waals surface area contributed by atoms with Gasteiger partial charge in [0.15, 0.2) is 0 Å². The molecule has 2 atom stereocenters. The summed E-state index contributed by atoms with van der Waals surface area (Å²) in [4.78, 5) is 2.23. The van der Waals surface area contributed by atoms with Crippen molar-refractivity contribution in [3.8, 4) is 0 Å². The Labute approximate surface area is 105 Å². The predicted octanol–water partition coefficient (Wildman–Crippen LogP) is 2.04. The van der Waals surface area contributed by atoms with Crippen molar-refractivity contribution in [2.24, 2.45) is 5.92 Å². The van der Waals surface area contributed by atoms with Gasteiger partial charge in [-0.25, -0.2) is 0 Å². The van der Waals surface area contributed by atoms with Crippen LogP contribution in [0.4, 0.5) is 0 Å². The molecule has 17 heavy (non-hydrogen) atoms. The van der Waals surface area contributed by atoms with Crippen molar-refractivity contribution >= 4 is 0 Å². The molecule has 0 radical (unpaired) electrons. The molecule has 2 aliphatic rings. The zero-order valence-electron chi connectivity index (χ0n) is 11.1. The normalized spacial score (nSPS) is 28.1. The summed E-state index contributed by atoms with van der Waals surface area (Å²) in [5, 5.41) is 10.1. The molecule has 0 aromatic heterocycles. The fourth-order valence-corrected chi connectivity index (χ4v) is 3.28. The van der Waals surface area contributed by atoms with Gasteiger partial charge in [0, 0.05) is 19.7 Å². The van der Waals surface area contributed by atoms with Gasteiger partial charge in [0.2, 0.25) is 0 Å². The first-order valence-electron chi connectivity index (χ1n) is 7.22. The molecule has 1 saturated carbocycles. The van der Waals surface area contributed by atoms with Gasteiger partial charge in [-0.15, -0.1) is 0 Å². The Morgan fingerprint density at radius 3 is 2.65 bits per heavy atom. The molecule has 0 amide bonds. The Hall–Kier alpha value is -0.120. The molecule has 1 aliphatic carbocycles. The zero-order valence-corrected chi connectivity index (χ0v) is 11.1. The molecule has 100 valence electrons. The molecule has 2 unspecified atom stereocenters. The number of aliphatic hydroxyl groups excluding tert-OH is 1. The minimum Gasteiger partial charge on any atom is -0.392 e. The van der Waals surface area contributed by atoms with Gasteiger partial charge in [-0.05, 0) is 32.2 Å². The molecular weight excluding hydrogens is 214 g/mol. The second kappa shape index (κ2) is 6.72. The van der Waals surface area contributed by atoms with Gasteiger partial charge in [-0.3, -0.25) is 0 Å². The molecule has 1 N–H and O–H groups in total. The van der Waals surface area contributed by atoms with Crippen LogP contribution in [0.15, 0.2) is 0 Å². The number of likely N-dealkylation sites (N-methyl/N-ethyl adjacent to an activating group) is 1. The first-order valence-corrected chi connectivity index (χ1v) is 7.22. The van der Waals surface area contributed by atoms with E-state index < -0.39 is 0 Å². The average Bonchev–Trinajstić information content (AvgIpc) is 2.90. The molecule has 0 aromatic carbocycles. The average molecular weight is 241 g/mol. The fraction of sp³-hybridized carbons (Fsp3) is 1.00. The molecule has 1 heterocycles. The van der Waals surface area contributed by atoms with Crippen molar-refractivity contribution in [2.45, 2.75) is 57.2 Å². The maximum Gasteiger partial charge on any atom is 0.0702 e. The molecule has 3 nitrogen and oxygen atoms in total. The summed E-state index contributed by atoms with van der Waals surface area (Å²) in [6.45, 7) is 2.70. The third kappa shape index (κ3) is 4.57. The summed E-state index contributed by atoms with van der Waals surface area (Å²) < 4.78 is 5.62. The monoisotopic (exact) mass is 241 g/mol. The van der Waals surface area contributed by atoms with E-state index in [4.69, 9.17) is 4.74 Å². The highest BCUT2D eigenvalue weighted by Gasteiger charge is 2.22. The van der Waals surface area contributed by atoms with E-state index in [2.05, 4.69) is 11.9 Å². The highest BCUT2D eigenvalue weighted by molar-refractivity contribution is 4.74. The van der Waals surface area contributed by atoms with Crippen LogP contribution in [0.3, 0.4) is 0 Å². The van der Waals surface area contributed by atoms with Crippen LogP contribution in [0, 0.1) is 5.92 Å². The molecular formula is C14H27NO2. The smallest absolute Gasteiger partial charge is 0.0702 e. The summed E-state index contributed by atoms with van der Waals surface area (Å²) in [5.41, 5.74) is 0. The SMILES string of the molecule is CN(CC(O)CC1CCCC1)CC1CCCO1. The summed E-state index contributed by atoms with van der Waals surface area (Å²) >= 11 is 0. The highest BCUT2D eigenvalue weighted by atomic mass is 16.5. The van der Waals surface area contributed by atoms with Crippen LogP contribution in [0.2, 0.25) is 0 Å². The standard InChI is InChI=1S/C14H27NO2/c1-15(11-14-7-4-8-17-14)10-13(16)9-12-5-2-3-6-12/h12-14,16H,2-11H2,1H3. The van der Waals surface area contributed by atoms with Gasteiger partial charge >= 0.3 is 0 Å². The number of hydrogen-bond acceptors (Lipinski definition) is 3. The molecule has 1 aliphatic heterocycles. The fourth-order valence-electron chi connectivity index (χ4n) is 3.28. The molecule has 0 spiro atoms. The van der Waals surface area contributed by atoms with E-state index in [-0.39, 0.29) is 6.10 Å². The maximum atomic E-state index is 10.1. The van der Waals surface area contributed by atoms with Gasteiger partial charge in [0.05, 0.1) is 12.2 Å². The van der Waals surface area contributed by atoms with Gasteiger partial charge in [0.25, 0.3) is 0 Å².